The molecule has 0 spiro atoms. The Morgan fingerprint density at radius 2 is 1.46 bits per heavy atom. The van der Waals surface area contributed by atoms with Gasteiger partial charge in [-0.05, 0) is 43.2 Å². The van der Waals surface area contributed by atoms with Crippen LogP contribution in [0, 0.1) is 6.92 Å². The quantitative estimate of drug-likeness (QED) is 0.0852. The third-order valence-corrected chi connectivity index (χ3v) is 6.37. The Bertz CT molecular complexity index is 945. The number of esters is 1. The van der Waals surface area contributed by atoms with Crippen molar-refractivity contribution in [2.75, 3.05) is 11.9 Å². The molecular formula is C29H38ClNO4. The molecule has 0 fully saturated rings. The largest absolute Gasteiger partial charge is 0.462 e. The number of ether oxygens (including phenoxy) is 1. The van der Waals surface area contributed by atoms with Gasteiger partial charge in [0.25, 0.3) is 0 Å². The molecule has 1 N–H and O–H groups in total. The van der Waals surface area contributed by atoms with Crippen LogP contribution in [0.1, 0.15) is 97.4 Å². The first kappa shape index (κ1) is 28.6. The van der Waals surface area contributed by atoms with Gasteiger partial charge in [0.15, 0.2) is 11.2 Å². The Kier molecular flexibility index (Phi) is 13.1. The molecule has 2 rings (SSSR count). The van der Waals surface area contributed by atoms with E-state index < -0.39 is 23.0 Å². The fourth-order valence-corrected chi connectivity index (χ4v) is 4.01. The number of carbonyl (C=O) groups excluding carboxylic acids is 3. The topological polar surface area (TPSA) is 72.5 Å². The van der Waals surface area contributed by atoms with Gasteiger partial charge >= 0.3 is 5.97 Å². The third kappa shape index (κ3) is 10.2. The number of Topliss-reactive ketones (excluding diaryl/α,β-unsaturated/α-hetero) is 1. The maximum absolute atomic E-state index is 12.9. The Labute approximate surface area is 214 Å². The first-order valence-corrected chi connectivity index (χ1v) is 13.2. The fourth-order valence-electron chi connectivity index (χ4n) is 3.83. The predicted octanol–water partition coefficient (Wildman–Crippen LogP) is 7.50. The summed E-state index contributed by atoms with van der Waals surface area (Å²) in [5.74, 6) is -1.65. The summed E-state index contributed by atoms with van der Waals surface area (Å²) in [5, 5.41) is 1.22. The van der Waals surface area contributed by atoms with Gasteiger partial charge in [0.1, 0.15) is 0 Å². The monoisotopic (exact) mass is 499 g/mol. The summed E-state index contributed by atoms with van der Waals surface area (Å²) in [5.41, 5.74) is 1.70. The molecule has 2 aromatic carbocycles. The Morgan fingerprint density at radius 1 is 0.857 bits per heavy atom. The van der Waals surface area contributed by atoms with Crippen LogP contribution >= 0.6 is 11.6 Å². The van der Waals surface area contributed by atoms with Crippen molar-refractivity contribution in [3.8, 4) is 0 Å². The molecule has 0 radical (unpaired) electrons. The molecular weight excluding hydrogens is 462 g/mol. The van der Waals surface area contributed by atoms with Crippen molar-refractivity contribution in [3.63, 3.8) is 0 Å². The molecule has 0 aromatic heterocycles. The number of hydrogen-bond acceptors (Lipinski definition) is 4. The lowest BCUT2D eigenvalue weighted by Gasteiger charge is -2.13. The number of nitrogens with one attached hydrogen (secondary N) is 1. The Balaban J connectivity index is 1.78. The van der Waals surface area contributed by atoms with Crippen LogP contribution in [-0.4, -0.2) is 29.6 Å². The second kappa shape index (κ2) is 16.1. The number of rotatable bonds is 16. The SMILES string of the molecule is CCCCCCCCCCCCOC(=O)c1ccc(C)c(C(=O)C(Cl)C(=O)Nc2ccccc2)c1. The highest BCUT2D eigenvalue weighted by molar-refractivity contribution is 6.45. The Hall–Kier alpha value is -2.66. The van der Waals surface area contributed by atoms with E-state index in [4.69, 9.17) is 16.3 Å². The van der Waals surface area contributed by atoms with Gasteiger partial charge in [-0.2, -0.15) is 0 Å². The lowest BCUT2D eigenvalue weighted by atomic mass is 9.99. The van der Waals surface area contributed by atoms with Crippen LogP contribution in [0.5, 0.6) is 0 Å². The fraction of sp³-hybridized carbons (Fsp3) is 0.483. The molecule has 0 aliphatic rings. The second-order valence-corrected chi connectivity index (χ2v) is 9.37. The van der Waals surface area contributed by atoms with Crippen molar-refractivity contribution in [1.29, 1.82) is 0 Å². The number of amides is 1. The normalized spacial score (nSPS) is 11.6. The van der Waals surface area contributed by atoms with Crippen molar-refractivity contribution in [1.82, 2.24) is 0 Å². The van der Waals surface area contributed by atoms with E-state index >= 15 is 0 Å². The van der Waals surface area contributed by atoms with E-state index in [2.05, 4.69) is 12.2 Å². The molecule has 1 unspecified atom stereocenters. The van der Waals surface area contributed by atoms with Gasteiger partial charge in [-0.3, -0.25) is 9.59 Å². The second-order valence-electron chi connectivity index (χ2n) is 8.93. The van der Waals surface area contributed by atoms with Crippen molar-refractivity contribution in [2.45, 2.75) is 83.4 Å². The summed E-state index contributed by atoms with van der Waals surface area (Å²) in [4.78, 5) is 37.8. The molecule has 1 atom stereocenters. The number of unbranched alkanes of at least 4 members (excludes halogenated alkanes) is 9. The van der Waals surface area contributed by atoms with E-state index in [9.17, 15) is 14.4 Å². The number of benzene rings is 2. The number of ketones is 1. The number of alkyl halides is 1. The van der Waals surface area contributed by atoms with E-state index in [1.807, 2.05) is 6.07 Å². The molecule has 0 aliphatic carbocycles. The standard InChI is InChI=1S/C29H38ClNO4/c1-3-4-5-6-7-8-9-10-11-15-20-35-29(34)23-19-18-22(2)25(21-23)27(32)26(30)28(33)31-24-16-13-12-14-17-24/h12-14,16-19,21,26H,3-11,15,20H2,1-2H3,(H,31,33). The zero-order chi connectivity index (χ0) is 25.5. The van der Waals surface area contributed by atoms with Crippen LogP contribution in [0.4, 0.5) is 5.69 Å². The van der Waals surface area contributed by atoms with Crippen LogP contribution in [0.2, 0.25) is 0 Å². The average Bonchev–Trinajstić information content (AvgIpc) is 2.87. The van der Waals surface area contributed by atoms with Gasteiger partial charge < -0.3 is 10.1 Å². The van der Waals surface area contributed by atoms with Gasteiger partial charge in [-0.1, -0.05) is 89.0 Å². The molecule has 1 amide bonds. The number of anilines is 1. The molecule has 0 saturated carbocycles. The third-order valence-electron chi connectivity index (χ3n) is 5.97. The minimum atomic E-state index is -1.41. The molecule has 35 heavy (non-hydrogen) atoms. The number of aryl methyl sites for hydroxylation is 1. The van der Waals surface area contributed by atoms with Gasteiger partial charge in [0.05, 0.1) is 12.2 Å². The molecule has 0 saturated heterocycles. The molecule has 0 heterocycles. The minimum absolute atomic E-state index is 0.238. The predicted molar refractivity (Wildman–Crippen MR) is 142 cm³/mol. The van der Waals surface area contributed by atoms with Crippen molar-refractivity contribution in [2.24, 2.45) is 0 Å². The highest BCUT2D eigenvalue weighted by Gasteiger charge is 2.27. The number of halogens is 1. The number of carbonyl (C=O) groups is 3. The van der Waals surface area contributed by atoms with Crippen molar-refractivity contribution >= 4 is 34.9 Å². The smallest absolute Gasteiger partial charge is 0.338 e. The van der Waals surface area contributed by atoms with Gasteiger partial charge in [0, 0.05) is 11.3 Å². The summed E-state index contributed by atoms with van der Waals surface area (Å²) < 4.78 is 5.40. The minimum Gasteiger partial charge on any atom is -0.462 e. The van der Waals surface area contributed by atoms with E-state index in [1.54, 1.807) is 43.3 Å². The molecule has 2 aromatic rings. The van der Waals surface area contributed by atoms with E-state index in [1.165, 1.54) is 51.0 Å². The molecule has 6 heteroatoms. The van der Waals surface area contributed by atoms with E-state index in [0.717, 1.165) is 19.3 Å². The zero-order valence-electron chi connectivity index (χ0n) is 21.0. The first-order valence-electron chi connectivity index (χ1n) is 12.8. The molecule has 0 aliphatic heterocycles. The van der Waals surface area contributed by atoms with Crippen LogP contribution in [0.15, 0.2) is 48.5 Å². The average molecular weight is 500 g/mol. The van der Waals surface area contributed by atoms with Gasteiger partial charge in [-0.25, -0.2) is 4.79 Å². The van der Waals surface area contributed by atoms with Crippen molar-refractivity contribution < 1.29 is 19.1 Å². The highest BCUT2D eigenvalue weighted by Crippen LogP contribution is 2.18. The van der Waals surface area contributed by atoms with Crippen LogP contribution in [0.3, 0.4) is 0 Å². The summed E-state index contributed by atoms with van der Waals surface area (Å²) in [6, 6.07) is 13.5. The number of para-hydroxylation sites is 1. The molecule has 5 nitrogen and oxygen atoms in total. The van der Waals surface area contributed by atoms with Gasteiger partial charge in [0.2, 0.25) is 5.91 Å². The van der Waals surface area contributed by atoms with E-state index in [0.29, 0.717) is 17.9 Å². The number of hydrogen-bond donors (Lipinski definition) is 1. The summed E-state index contributed by atoms with van der Waals surface area (Å²) in [6.07, 6.45) is 12.1. The highest BCUT2D eigenvalue weighted by atomic mass is 35.5. The maximum atomic E-state index is 12.9. The van der Waals surface area contributed by atoms with Crippen LogP contribution in [0.25, 0.3) is 0 Å². The van der Waals surface area contributed by atoms with Crippen LogP contribution in [-0.2, 0) is 9.53 Å². The lowest BCUT2D eigenvalue weighted by Crippen LogP contribution is -2.31. The summed E-state index contributed by atoms with van der Waals surface area (Å²) >= 11 is 6.18. The lowest BCUT2D eigenvalue weighted by molar-refractivity contribution is -0.115. The summed E-state index contributed by atoms with van der Waals surface area (Å²) in [7, 11) is 0. The Morgan fingerprint density at radius 3 is 2.09 bits per heavy atom. The maximum Gasteiger partial charge on any atom is 0.338 e. The van der Waals surface area contributed by atoms with Crippen molar-refractivity contribution in [3.05, 3.63) is 65.2 Å². The molecule has 0 bridgehead atoms. The van der Waals surface area contributed by atoms with E-state index in [-0.39, 0.29) is 11.1 Å². The summed E-state index contributed by atoms with van der Waals surface area (Å²) in [6.45, 7) is 4.32. The molecule has 190 valence electrons. The van der Waals surface area contributed by atoms with Crippen LogP contribution < -0.4 is 5.32 Å². The zero-order valence-corrected chi connectivity index (χ0v) is 21.7. The first-order chi connectivity index (χ1) is 16.9. The van der Waals surface area contributed by atoms with Gasteiger partial charge in [-0.15, -0.1) is 11.6 Å².